The molecule has 0 spiro atoms. The number of aliphatic hydroxyl groups is 1. The van der Waals surface area contributed by atoms with E-state index in [0.717, 1.165) is 56.2 Å². The average molecular weight is 469 g/mol. The molecule has 0 aromatic rings. The zero-order chi connectivity index (χ0) is 17.9. The molecule has 0 aliphatic carbocycles. The quantitative estimate of drug-likeness (QED) is 0.234. The third-order valence-electron chi connectivity index (χ3n) is 2.52. The molecule has 0 saturated carbocycles. The molecule has 0 aromatic heterocycles. The normalized spacial score (nSPS) is 12.4. The summed E-state index contributed by atoms with van der Waals surface area (Å²) in [6.07, 6.45) is 1.70. The van der Waals surface area contributed by atoms with Crippen LogP contribution in [-0.4, -0.2) is 70.1 Å². The van der Waals surface area contributed by atoms with Crippen molar-refractivity contribution in [2.24, 2.45) is 0 Å². The summed E-state index contributed by atoms with van der Waals surface area (Å²) >= 11 is 10.4. The van der Waals surface area contributed by atoms with E-state index < -0.39 is 10.8 Å². The first kappa shape index (κ1) is 25.9. The highest BCUT2D eigenvalue weighted by Gasteiger charge is 2.03. The molecule has 0 radical (unpaired) electrons. The number of carbonyl (C=O) groups excluding carboxylic acids is 1. The Balaban J connectivity index is 3.18. The molecular weight excluding hydrogens is 441 g/mol. The summed E-state index contributed by atoms with van der Waals surface area (Å²) in [5.41, 5.74) is 0. The summed E-state index contributed by atoms with van der Waals surface area (Å²) in [5.74, 6) is 5.62. The highest BCUT2D eigenvalue weighted by molar-refractivity contribution is 8.22. The van der Waals surface area contributed by atoms with Crippen LogP contribution in [0.3, 0.4) is 0 Å². The van der Waals surface area contributed by atoms with Gasteiger partial charge in [-0.3, -0.25) is 9.00 Å². The Morgan fingerprint density at radius 1 is 0.917 bits per heavy atom. The predicted octanol–water partition coefficient (Wildman–Crippen LogP) is 4.28. The van der Waals surface area contributed by atoms with Crippen LogP contribution in [0.2, 0.25) is 0 Å². The standard InChI is InChI=1S/C14H28O3S7/c1-2-24(17)9-3-5-18-12-22-13-19-6-4-14(16)23-8-7-20-11-21-10-15/h15H,2-13H2,1H3. The van der Waals surface area contributed by atoms with Crippen LogP contribution in [0.15, 0.2) is 0 Å². The molecule has 24 heavy (non-hydrogen) atoms. The number of aliphatic hydroxyl groups excluding tert-OH is 1. The van der Waals surface area contributed by atoms with Crippen molar-refractivity contribution < 1.29 is 14.1 Å². The van der Waals surface area contributed by atoms with Gasteiger partial charge in [0.2, 0.25) is 0 Å². The van der Waals surface area contributed by atoms with Crippen molar-refractivity contribution in [1.82, 2.24) is 0 Å². The summed E-state index contributed by atoms with van der Waals surface area (Å²) < 4.78 is 11.3. The Morgan fingerprint density at radius 3 is 2.29 bits per heavy atom. The molecule has 1 unspecified atom stereocenters. The van der Waals surface area contributed by atoms with Crippen molar-refractivity contribution in [3.63, 3.8) is 0 Å². The molecule has 1 N–H and O–H groups in total. The van der Waals surface area contributed by atoms with Gasteiger partial charge in [0.1, 0.15) is 0 Å². The first-order chi connectivity index (χ1) is 11.7. The molecule has 0 heterocycles. The smallest absolute Gasteiger partial charge is 0.189 e. The van der Waals surface area contributed by atoms with Gasteiger partial charge in [-0.15, -0.1) is 23.5 Å². The van der Waals surface area contributed by atoms with E-state index >= 15 is 0 Å². The summed E-state index contributed by atoms with van der Waals surface area (Å²) in [7, 11) is -0.619. The van der Waals surface area contributed by atoms with Crippen LogP contribution in [0, 0.1) is 0 Å². The first-order valence-corrected chi connectivity index (χ1v) is 16.0. The van der Waals surface area contributed by atoms with Crippen LogP contribution in [0.5, 0.6) is 0 Å². The molecule has 10 heteroatoms. The monoisotopic (exact) mass is 468 g/mol. The van der Waals surface area contributed by atoms with Crippen molar-refractivity contribution >= 4 is 86.5 Å². The van der Waals surface area contributed by atoms with E-state index in [-0.39, 0.29) is 5.94 Å². The Morgan fingerprint density at radius 2 is 1.58 bits per heavy atom. The molecule has 0 bridgehead atoms. The van der Waals surface area contributed by atoms with Gasteiger partial charge in [-0.1, -0.05) is 18.7 Å². The second kappa shape index (κ2) is 21.2. The van der Waals surface area contributed by atoms with Crippen LogP contribution in [0.4, 0.5) is 0 Å². The lowest BCUT2D eigenvalue weighted by Crippen LogP contribution is -2.00. The van der Waals surface area contributed by atoms with E-state index in [9.17, 15) is 9.00 Å². The van der Waals surface area contributed by atoms with E-state index in [1.54, 1.807) is 11.8 Å². The number of hydrogen-bond donors (Lipinski definition) is 1. The molecule has 1 atom stereocenters. The summed E-state index contributed by atoms with van der Waals surface area (Å²) in [4.78, 5) is 11.7. The molecule has 0 aliphatic rings. The van der Waals surface area contributed by atoms with Gasteiger partial charge in [-0.05, 0) is 12.2 Å². The Hall–Kier alpha value is 1.88. The second-order valence-electron chi connectivity index (χ2n) is 4.37. The maximum absolute atomic E-state index is 11.7. The van der Waals surface area contributed by atoms with E-state index in [1.807, 2.05) is 42.2 Å². The lowest BCUT2D eigenvalue weighted by molar-refractivity contribution is -0.110. The van der Waals surface area contributed by atoms with Gasteiger partial charge in [0.05, 0.1) is 5.94 Å². The number of thioether (sulfide) groups is 6. The molecule has 0 saturated heterocycles. The fourth-order valence-electron chi connectivity index (χ4n) is 1.33. The molecule has 0 fully saturated rings. The molecule has 0 aromatic carbocycles. The van der Waals surface area contributed by atoms with Crippen LogP contribution >= 0.6 is 70.6 Å². The number of carbonyl (C=O) groups is 1. The van der Waals surface area contributed by atoms with Crippen molar-refractivity contribution in [3.05, 3.63) is 0 Å². The molecule has 3 nitrogen and oxygen atoms in total. The summed E-state index contributed by atoms with van der Waals surface area (Å²) in [6, 6.07) is 0. The Bertz CT molecular complexity index is 319. The molecular formula is C14H28O3S7. The van der Waals surface area contributed by atoms with Crippen molar-refractivity contribution in [2.45, 2.75) is 19.8 Å². The molecule has 0 aliphatic heterocycles. The lowest BCUT2D eigenvalue weighted by Gasteiger charge is -2.03. The highest BCUT2D eigenvalue weighted by atomic mass is 32.2. The van der Waals surface area contributed by atoms with E-state index in [4.69, 9.17) is 5.11 Å². The number of rotatable bonds is 18. The fraction of sp³-hybridized carbons (Fsp3) is 0.929. The van der Waals surface area contributed by atoms with Gasteiger partial charge in [0.15, 0.2) is 5.12 Å². The summed E-state index contributed by atoms with van der Waals surface area (Å²) in [5, 5.41) is 11.9. The van der Waals surface area contributed by atoms with E-state index in [0.29, 0.717) is 11.5 Å². The minimum atomic E-state index is -0.619. The SMILES string of the molecule is CCS(=O)CCCSCSCSCCC(=O)SCCSCSCO. The van der Waals surface area contributed by atoms with Crippen molar-refractivity contribution in [1.29, 1.82) is 0 Å². The molecule has 0 rings (SSSR count). The van der Waals surface area contributed by atoms with Gasteiger partial charge in [-0.2, -0.15) is 35.3 Å². The maximum Gasteiger partial charge on any atom is 0.189 e. The molecule has 0 amide bonds. The highest BCUT2D eigenvalue weighted by Crippen LogP contribution is 2.20. The number of hydrogen-bond acceptors (Lipinski definition) is 9. The minimum Gasteiger partial charge on any atom is -0.386 e. The predicted molar refractivity (Wildman–Crippen MR) is 124 cm³/mol. The van der Waals surface area contributed by atoms with Gasteiger partial charge >= 0.3 is 0 Å². The second-order valence-corrected chi connectivity index (χ2v) is 13.7. The maximum atomic E-state index is 11.7. The Labute approximate surface area is 175 Å². The Kier molecular flexibility index (Phi) is 22.8. The first-order valence-electron chi connectivity index (χ1n) is 7.70. The fourth-order valence-corrected chi connectivity index (χ4v) is 8.37. The van der Waals surface area contributed by atoms with Gasteiger partial charge < -0.3 is 5.11 Å². The summed E-state index contributed by atoms with van der Waals surface area (Å²) in [6.45, 7) is 1.97. The van der Waals surface area contributed by atoms with Crippen molar-refractivity contribution in [3.8, 4) is 0 Å². The van der Waals surface area contributed by atoms with Gasteiger partial charge in [-0.25, -0.2) is 0 Å². The zero-order valence-corrected chi connectivity index (χ0v) is 19.8. The van der Waals surface area contributed by atoms with Crippen LogP contribution in [0.1, 0.15) is 19.8 Å². The van der Waals surface area contributed by atoms with Crippen LogP contribution < -0.4 is 0 Å². The van der Waals surface area contributed by atoms with Crippen LogP contribution in [-0.2, 0) is 15.6 Å². The lowest BCUT2D eigenvalue weighted by atomic mass is 10.5. The average Bonchev–Trinajstić information content (AvgIpc) is 2.59. The van der Waals surface area contributed by atoms with Gasteiger partial charge in [0.25, 0.3) is 0 Å². The third kappa shape index (κ3) is 20.2. The molecule has 144 valence electrons. The van der Waals surface area contributed by atoms with Crippen LogP contribution in [0.25, 0.3) is 0 Å². The zero-order valence-electron chi connectivity index (χ0n) is 14.1. The largest absolute Gasteiger partial charge is 0.386 e. The third-order valence-corrected chi connectivity index (χ3v) is 10.8. The minimum absolute atomic E-state index is 0.173. The van der Waals surface area contributed by atoms with E-state index in [1.165, 1.54) is 23.5 Å². The van der Waals surface area contributed by atoms with Gasteiger partial charge in [0, 0.05) is 61.2 Å². The topological polar surface area (TPSA) is 54.4 Å². The van der Waals surface area contributed by atoms with Crippen molar-refractivity contribution in [2.75, 3.05) is 55.7 Å². The van der Waals surface area contributed by atoms with E-state index in [2.05, 4.69) is 0 Å².